The highest BCUT2D eigenvalue weighted by atomic mass is 32.2. The molecule has 35 heavy (non-hydrogen) atoms. The summed E-state index contributed by atoms with van der Waals surface area (Å²) in [5.74, 6) is -0.935. The third kappa shape index (κ3) is 6.48. The Labute approximate surface area is 206 Å². The van der Waals surface area contributed by atoms with Crippen LogP contribution in [0.15, 0.2) is 77.7 Å². The second-order valence-corrected chi connectivity index (χ2v) is 10.0. The molecule has 0 aliphatic carbocycles. The van der Waals surface area contributed by atoms with Gasteiger partial charge in [-0.3, -0.25) is 9.10 Å². The highest BCUT2D eigenvalue weighted by molar-refractivity contribution is 7.92. The third-order valence-electron chi connectivity index (χ3n) is 5.60. The Bertz CT molecular complexity index is 1270. The molecule has 0 radical (unpaired) electrons. The van der Waals surface area contributed by atoms with E-state index in [2.05, 4.69) is 5.32 Å². The number of aryl methyl sites for hydroxylation is 1. The first kappa shape index (κ1) is 26.0. The van der Waals surface area contributed by atoms with Crippen molar-refractivity contribution in [2.75, 3.05) is 22.8 Å². The summed E-state index contributed by atoms with van der Waals surface area (Å²) in [6.45, 7) is 5.67. The average molecular weight is 495 g/mol. The molecule has 8 heteroatoms. The van der Waals surface area contributed by atoms with E-state index in [4.69, 9.17) is 4.74 Å². The number of hydrogen-bond donors (Lipinski definition) is 1. The van der Waals surface area contributed by atoms with E-state index in [0.717, 1.165) is 28.3 Å². The molecule has 0 unspecified atom stereocenters. The molecule has 0 aliphatic rings. The van der Waals surface area contributed by atoms with Crippen LogP contribution in [0.5, 0.6) is 0 Å². The van der Waals surface area contributed by atoms with Crippen molar-refractivity contribution in [1.82, 2.24) is 0 Å². The van der Waals surface area contributed by atoms with E-state index in [9.17, 15) is 18.0 Å². The monoisotopic (exact) mass is 494 g/mol. The van der Waals surface area contributed by atoms with Crippen LogP contribution in [-0.2, 0) is 19.6 Å². The van der Waals surface area contributed by atoms with Crippen molar-refractivity contribution in [2.45, 2.75) is 38.5 Å². The number of sulfonamides is 1. The zero-order valence-electron chi connectivity index (χ0n) is 20.2. The number of esters is 1. The number of nitrogens with one attached hydrogen (secondary N) is 1. The first-order valence-electron chi connectivity index (χ1n) is 11.4. The summed E-state index contributed by atoms with van der Waals surface area (Å²) in [5, 5.41) is 2.72. The van der Waals surface area contributed by atoms with E-state index in [1.165, 1.54) is 12.1 Å². The second-order valence-electron chi connectivity index (χ2n) is 8.16. The van der Waals surface area contributed by atoms with Gasteiger partial charge in [-0.15, -0.1) is 0 Å². The largest absolute Gasteiger partial charge is 0.462 e. The summed E-state index contributed by atoms with van der Waals surface area (Å²) >= 11 is 0. The number of nitrogens with zero attached hydrogens (tertiary/aromatic N) is 1. The maximum atomic E-state index is 13.5. The number of ether oxygens (including phenoxy) is 1. The van der Waals surface area contributed by atoms with Gasteiger partial charge in [0.2, 0.25) is 5.91 Å². The fraction of sp³-hybridized carbons (Fsp3) is 0.259. The molecule has 3 aromatic rings. The Hall–Kier alpha value is -3.65. The number of hydrogen-bond acceptors (Lipinski definition) is 5. The van der Waals surface area contributed by atoms with E-state index in [-0.39, 0.29) is 4.90 Å². The maximum Gasteiger partial charge on any atom is 0.338 e. The van der Waals surface area contributed by atoms with Crippen LogP contribution in [0.1, 0.15) is 41.3 Å². The smallest absolute Gasteiger partial charge is 0.338 e. The molecule has 0 atom stereocenters. The number of rotatable bonds is 10. The van der Waals surface area contributed by atoms with Crippen LogP contribution in [0.4, 0.5) is 11.4 Å². The molecule has 0 spiro atoms. The molecule has 7 nitrogen and oxygen atoms in total. The number of anilines is 2. The zero-order valence-corrected chi connectivity index (χ0v) is 21.0. The van der Waals surface area contributed by atoms with Gasteiger partial charge in [-0.2, -0.15) is 0 Å². The SMILES string of the molecule is CCCCOC(=O)c1ccc(NC(=O)CN(c2cccc(C)c2C)S(=O)(=O)c2ccccc2)cc1. The first-order chi connectivity index (χ1) is 16.7. The van der Waals surface area contributed by atoms with E-state index in [1.807, 2.05) is 26.8 Å². The molecule has 0 bridgehead atoms. The van der Waals surface area contributed by atoms with Crippen LogP contribution in [0.2, 0.25) is 0 Å². The van der Waals surface area contributed by atoms with Gasteiger partial charge in [-0.25, -0.2) is 13.2 Å². The van der Waals surface area contributed by atoms with Crippen molar-refractivity contribution in [3.63, 3.8) is 0 Å². The topological polar surface area (TPSA) is 92.8 Å². The fourth-order valence-electron chi connectivity index (χ4n) is 3.44. The van der Waals surface area contributed by atoms with Crippen LogP contribution in [-0.4, -0.2) is 33.4 Å². The van der Waals surface area contributed by atoms with E-state index < -0.39 is 28.4 Å². The van der Waals surface area contributed by atoms with Gasteiger partial charge >= 0.3 is 5.97 Å². The molecule has 0 aromatic heterocycles. The van der Waals surface area contributed by atoms with E-state index in [1.54, 1.807) is 54.6 Å². The van der Waals surface area contributed by atoms with Gasteiger partial charge in [0.15, 0.2) is 0 Å². The first-order valence-corrected chi connectivity index (χ1v) is 12.9. The molecule has 184 valence electrons. The highest BCUT2D eigenvalue weighted by Gasteiger charge is 2.28. The number of benzene rings is 3. The Morgan fingerprint density at radius 2 is 1.60 bits per heavy atom. The lowest BCUT2D eigenvalue weighted by molar-refractivity contribution is -0.114. The van der Waals surface area contributed by atoms with Crippen LogP contribution in [0.3, 0.4) is 0 Å². The molecular weight excluding hydrogens is 464 g/mol. The Kier molecular flexibility index (Phi) is 8.65. The van der Waals surface area contributed by atoms with Crippen molar-refractivity contribution in [2.24, 2.45) is 0 Å². The summed E-state index contributed by atoms with van der Waals surface area (Å²) in [7, 11) is -4.00. The summed E-state index contributed by atoms with van der Waals surface area (Å²) in [6.07, 6.45) is 1.72. The summed E-state index contributed by atoms with van der Waals surface area (Å²) in [6, 6.07) is 19.7. The molecule has 3 aromatic carbocycles. The average Bonchev–Trinajstić information content (AvgIpc) is 2.85. The van der Waals surface area contributed by atoms with E-state index >= 15 is 0 Å². The highest BCUT2D eigenvalue weighted by Crippen LogP contribution is 2.28. The number of carbonyl (C=O) groups excluding carboxylic acids is 2. The van der Waals surface area contributed by atoms with Gasteiger partial charge in [-0.1, -0.05) is 43.7 Å². The van der Waals surface area contributed by atoms with Crippen molar-refractivity contribution >= 4 is 33.3 Å². The van der Waals surface area contributed by atoms with Crippen molar-refractivity contribution in [3.05, 3.63) is 89.5 Å². The summed E-state index contributed by atoms with van der Waals surface area (Å²) < 4.78 is 33.3. The Morgan fingerprint density at radius 1 is 0.914 bits per heavy atom. The van der Waals surface area contributed by atoms with Gasteiger partial charge in [-0.05, 0) is 73.9 Å². The Morgan fingerprint density at radius 3 is 2.26 bits per heavy atom. The van der Waals surface area contributed by atoms with Gasteiger partial charge in [0.05, 0.1) is 22.8 Å². The van der Waals surface area contributed by atoms with Gasteiger partial charge in [0.1, 0.15) is 6.54 Å². The van der Waals surface area contributed by atoms with E-state index in [0.29, 0.717) is 23.5 Å². The van der Waals surface area contributed by atoms with Gasteiger partial charge in [0.25, 0.3) is 10.0 Å². The maximum absolute atomic E-state index is 13.5. The van der Waals surface area contributed by atoms with Crippen LogP contribution >= 0.6 is 0 Å². The van der Waals surface area contributed by atoms with Crippen molar-refractivity contribution < 1.29 is 22.7 Å². The lowest BCUT2D eigenvalue weighted by atomic mass is 10.1. The lowest BCUT2D eigenvalue weighted by Gasteiger charge is -2.26. The minimum atomic E-state index is -4.00. The molecular formula is C27H30N2O5S. The van der Waals surface area contributed by atoms with Crippen molar-refractivity contribution in [3.8, 4) is 0 Å². The van der Waals surface area contributed by atoms with Crippen LogP contribution < -0.4 is 9.62 Å². The molecule has 0 aliphatic heterocycles. The Balaban J connectivity index is 1.81. The molecule has 0 fully saturated rings. The standard InChI is InChI=1S/C27H30N2O5S/c1-4-5-18-34-27(31)22-14-16-23(17-15-22)28-26(30)19-29(25-13-9-10-20(2)21(25)3)35(32,33)24-11-7-6-8-12-24/h6-17H,4-5,18-19H2,1-3H3,(H,28,30). The number of unbranched alkanes of at least 4 members (excludes halogenated alkanes) is 1. The number of carbonyl (C=O) groups is 2. The molecule has 0 saturated carbocycles. The molecule has 1 N–H and O–H groups in total. The molecule has 3 rings (SSSR count). The van der Waals surface area contributed by atoms with Crippen LogP contribution in [0, 0.1) is 13.8 Å². The summed E-state index contributed by atoms with van der Waals surface area (Å²) in [5.41, 5.74) is 2.94. The van der Waals surface area contributed by atoms with Crippen molar-refractivity contribution in [1.29, 1.82) is 0 Å². The number of amides is 1. The fourth-order valence-corrected chi connectivity index (χ4v) is 4.94. The molecule has 0 heterocycles. The molecule has 0 saturated heterocycles. The lowest BCUT2D eigenvalue weighted by Crippen LogP contribution is -2.38. The molecule has 1 amide bonds. The minimum Gasteiger partial charge on any atom is -0.462 e. The third-order valence-corrected chi connectivity index (χ3v) is 7.37. The predicted molar refractivity (Wildman–Crippen MR) is 137 cm³/mol. The van der Waals surface area contributed by atoms with Gasteiger partial charge in [0, 0.05) is 5.69 Å². The summed E-state index contributed by atoms with van der Waals surface area (Å²) in [4.78, 5) is 25.1. The minimum absolute atomic E-state index is 0.0969. The zero-order chi connectivity index (χ0) is 25.4. The predicted octanol–water partition coefficient (Wildman–Crippen LogP) is 5.09. The normalized spacial score (nSPS) is 11.1. The van der Waals surface area contributed by atoms with Crippen LogP contribution in [0.25, 0.3) is 0 Å². The quantitative estimate of drug-likeness (QED) is 0.313. The second kappa shape index (κ2) is 11.7. The van der Waals surface area contributed by atoms with Gasteiger partial charge < -0.3 is 10.1 Å².